The summed E-state index contributed by atoms with van der Waals surface area (Å²) in [5.74, 6) is -0.328. The highest BCUT2D eigenvalue weighted by atomic mass is 16.4. The Bertz CT molecular complexity index is 1290. The Hall–Kier alpha value is -4.17. The molecule has 1 heterocycles. The molecule has 3 aromatic carbocycles. The number of carbonyl (C=O) groups is 1. The van der Waals surface area contributed by atoms with E-state index in [1.165, 1.54) is 48.6 Å². The van der Waals surface area contributed by atoms with E-state index < -0.39 is 5.97 Å². The number of para-hydroxylation sites is 2. The number of benzene rings is 3. The van der Waals surface area contributed by atoms with Crippen LogP contribution in [0.5, 0.6) is 11.5 Å². The summed E-state index contributed by atoms with van der Waals surface area (Å²) < 4.78 is 1.50. The van der Waals surface area contributed by atoms with Crippen molar-refractivity contribution < 1.29 is 20.1 Å². The minimum atomic E-state index is -1.03. The maximum absolute atomic E-state index is 11.1. The second kappa shape index (κ2) is 10.8. The van der Waals surface area contributed by atoms with Crippen LogP contribution in [0.2, 0.25) is 0 Å². The first-order valence-corrected chi connectivity index (χ1v) is 11.5. The van der Waals surface area contributed by atoms with Crippen molar-refractivity contribution in [3.05, 3.63) is 78.4 Å². The van der Waals surface area contributed by atoms with Gasteiger partial charge in [0, 0.05) is 6.04 Å². The molecule has 0 atom stereocenters. The van der Waals surface area contributed by atoms with Gasteiger partial charge in [-0.3, -0.25) is 0 Å². The van der Waals surface area contributed by atoms with Crippen LogP contribution in [0.1, 0.15) is 36.0 Å². The number of nitrogens with one attached hydrogen (secondary N) is 1. The Balaban J connectivity index is 0.000000356. The van der Waals surface area contributed by atoms with Gasteiger partial charge in [0.05, 0.1) is 22.4 Å². The molecule has 5 rings (SSSR count). The van der Waals surface area contributed by atoms with Gasteiger partial charge < -0.3 is 20.6 Å². The average Bonchev–Trinajstić information content (AvgIpc) is 3.56. The molecule has 0 amide bonds. The van der Waals surface area contributed by atoms with Crippen molar-refractivity contribution in [3.63, 3.8) is 0 Å². The number of phenols is 2. The van der Waals surface area contributed by atoms with Crippen molar-refractivity contribution in [2.45, 2.75) is 31.7 Å². The number of rotatable bonds is 5. The normalized spacial score (nSPS) is 13.3. The van der Waals surface area contributed by atoms with E-state index in [0.29, 0.717) is 22.6 Å². The highest BCUT2D eigenvalue weighted by molar-refractivity contribution is 5.87. The zero-order valence-corrected chi connectivity index (χ0v) is 19.4. The lowest BCUT2D eigenvalue weighted by Crippen LogP contribution is -2.20. The van der Waals surface area contributed by atoms with E-state index in [1.54, 1.807) is 54.6 Å². The minimum Gasteiger partial charge on any atom is -0.507 e. The van der Waals surface area contributed by atoms with Gasteiger partial charge in [0.25, 0.3) is 0 Å². The predicted octanol–water partition coefficient (Wildman–Crippen LogP) is 4.86. The average molecular weight is 473 g/mol. The SMILES string of the molecule is CNC1CCCC1.O=C(O)c1ccc(-n2nc(-c3ccccc3O)nc2-c2ccccc2O)cc1. The third kappa shape index (κ3) is 5.50. The molecule has 0 bridgehead atoms. The minimum absolute atomic E-state index is 0.0298. The van der Waals surface area contributed by atoms with E-state index in [1.807, 2.05) is 0 Å². The number of carboxylic acids is 1. The summed E-state index contributed by atoms with van der Waals surface area (Å²) in [5, 5.41) is 37.3. The molecule has 4 aromatic rings. The molecule has 180 valence electrons. The molecule has 1 aliphatic carbocycles. The Morgan fingerprint density at radius 1 is 0.886 bits per heavy atom. The molecule has 1 fully saturated rings. The topological polar surface area (TPSA) is 121 Å². The van der Waals surface area contributed by atoms with Crippen LogP contribution in [0.15, 0.2) is 72.8 Å². The zero-order chi connectivity index (χ0) is 24.8. The van der Waals surface area contributed by atoms with E-state index in [0.717, 1.165) is 6.04 Å². The first-order chi connectivity index (χ1) is 17.0. The second-order valence-corrected chi connectivity index (χ2v) is 8.33. The van der Waals surface area contributed by atoms with Gasteiger partial charge >= 0.3 is 5.97 Å². The lowest BCUT2D eigenvalue weighted by atomic mass is 10.1. The molecule has 8 nitrogen and oxygen atoms in total. The molecule has 1 saturated carbocycles. The second-order valence-electron chi connectivity index (χ2n) is 8.33. The van der Waals surface area contributed by atoms with Crippen LogP contribution >= 0.6 is 0 Å². The van der Waals surface area contributed by atoms with E-state index in [-0.39, 0.29) is 22.9 Å². The Labute approximate surface area is 203 Å². The Morgan fingerprint density at radius 3 is 1.97 bits per heavy atom. The third-order valence-corrected chi connectivity index (χ3v) is 6.02. The van der Waals surface area contributed by atoms with Gasteiger partial charge in [-0.25, -0.2) is 14.5 Å². The molecular formula is C27H28N4O4. The summed E-state index contributed by atoms with van der Waals surface area (Å²) in [7, 11) is 2.05. The van der Waals surface area contributed by atoms with Crippen molar-refractivity contribution in [2.24, 2.45) is 0 Å². The number of aromatic carboxylic acids is 1. The fourth-order valence-electron chi connectivity index (χ4n) is 4.07. The smallest absolute Gasteiger partial charge is 0.335 e. The van der Waals surface area contributed by atoms with Gasteiger partial charge in [0.1, 0.15) is 11.5 Å². The monoisotopic (exact) mass is 472 g/mol. The van der Waals surface area contributed by atoms with Gasteiger partial charge in [-0.15, -0.1) is 5.10 Å². The van der Waals surface area contributed by atoms with E-state index in [9.17, 15) is 15.0 Å². The van der Waals surface area contributed by atoms with Crippen LogP contribution < -0.4 is 5.32 Å². The molecule has 35 heavy (non-hydrogen) atoms. The summed E-state index contributed by atoms with van der Waals surface area (Å²) in [6.07, 6.45) is 5.67. The number of nitrogens with zero attached hydrogens (tertiary/aromatic N) is 3. The molecule has 8 heteroatoms. The highest BCUT2D eigenvalue weighted by Gasteiger charge is 2.19. The number of aromatic hydroxyl groups is 2. The number of hydrogen-bond donors (Lipinski definition) is 4. The van der Waals surface area contributed by atoms with Crippen LogP contribution in [0, 0.1) is 0 Å². The third-order valence-electron chi connectivity index (χ3n) is 6.02. The van der Waals surface area contributed by atoms with E-state index in [2.05, 4.69) is 22.4 Å². The Morgan fingerprint density at radius 2 is 1.46 bits per heavy atom. The molecule has 0 saturated heterocycles. The lowest BCUT2D eigenvalue weighted by molar-refractivity contribution is 0.0697. The first kappa shape index (κ1) is 24.0. The fourth-order valence-corrected chi connectivity index (χ4v) is 4.07. The summed E-state index contributed by atoms with van der Waals surface area (Å²) in [4.78, 5) is 15.6. The standard InChI is InChI=1S/C21H15N3O4.C6H13N/c25-17-7-3-1-5-15(17)19-22-20(16-6-2-4-8-18(16)26)24(23-19)14-11-9-13(10-12-14)21(27)28;1-7-6-4-2-3-5-6/h1-12,25-26H,(H,27,28);6-7H,2-5H2,1H3. The van der Waals surface area contributed by atoms with Gasteiger partial charge in [-0.1, -0.05) is 37.1 Å². The summed E-state index contributed by atoms with van der Waals surface area (Å²) >= 11 is 0. The lowest BCUT2D eigenvalue weighted by Gasteiger charge is -2.07. The predicted molar refractivity (Wildman–Crippen MR) is 134 cm³/mol. The number of aromatic nitrogens is 3. The van der Waals surface area contributed by atoms with Crippen molar-refractivity contribution in [1.82, 2.24) is 20.1 Å². The van der Waals surface area contributed by atoms with Crippen molar-refractivity contribution >= 4 is 5.97 Å². The van der Waals surface area contributed by atoms with Crippen LogP contribution in [0.4, 0.5) is 0 Å². The summed E-state index contributed by atoms with van der Waals surface area (Å²) in [6.45, 7) is 0. The summed E-state index contributed by atoms with van der Waals surface area (Å²) in [6, 6.07) is 20.4. The molecular weight excluding hydrogens is 444 g/mol. The molecule has 0 spiro atoms. The molecule has 1 aliphatic rings. The quantitative estimate of drug-likeness (QED) is 0.327. The fraction of sp³-hybridized carbons (Fsp3) is 0.222. The Kier molecular flexibility index (Phi) is 7.42. The van der Waals surface area contributed by atoms with Gasteiger partial charge in [-0.2, -0.15) is 0 Å². The van der Waals surface area contributed by atoms with Crippen LogP contribution in [0.3, 0.4) is 0 Å². The number of carboxylic acid groups (broad SMARTS) is 1. The van der Waals surface area contributed by atoms with E-state index in [4.69, 9.17) is 5.11 Å². The van der Waals surface area contributed by atoms with Gasteiger partial charge in [0.15, 0.2) is 11.6 Å². The number of phenolic OH excluding ortho intramolecular Hbond substituents is 2. The highest BCUT2D eigenvalue weighted by Crippen LogP contribution is 2.33. The first-order valence-electron chi connectivity index (χ1n) is 11.5. The van der Waals surface area contributed by atoms with Crippen LogP contribution in [-0.4, -0.2) is 49.1 Å². The molecule has 1 aromatic heterocycles. The summed E-state index contributed by atoms with van der Waals surface area (Å²) in [5.41, 5.74) is 1.62. The molecule has 0 aliphatic heterocycles. The van der Waals surface area contributed by atoms with Crippen LogP contribution in [-0.2, 0) is 0 Å². The van der Waals surface area contributed by atoms with Gasteiger partial charge in [-0.05, 0) is 68.4 Å². The zero-order valence-electron chi connectivity index (χ0n) is 19.4. The number of hydrogen-bond acceptors (Lipinski definition) is 6. The van der Waals surface area contributed by atoms with E-state index >= 15 is 0 Å². The largest absolute Gasteiger partial charge is 0.507 e. The van der Waals surface area contributed by atoms with Crippen LogP contribution in [0.25, 0.3) is 28.5 Å². The molecule has 4 N–H and O–H groups in total. The van der Waals surface area contributed by atoms with Crippen molar-refractivity contribution in [1.29, 1.82) is 0 Å². The van der Waals surface area contributed by atoms with Gasteiger partial charge in [0.2, 0.25) is 0 Å². The molecule has 0 radical (unpaired) electrons. The van der Waals surface area contributed by atoms with Crippen molar-refractivity contribution in [2.75, 3.05) is 7.05 Å². The maximum Gasteiger partial charge on any atom is 0.335 e. The molecule has 0 unspecified atom stereocenters. The maximum atomic E-state index is 11.1. The van der Waals surface area contributed by atoms with Crippen molar-refractivity contribution in [3.8, 4) is 40.0 Å².